The van der Waals surface area contributed by atoms with Crippen molar-refractivity contribution in [3.05, 3.63) is 37.0 Å². The summed E-state index contributed by atoms with van der Waals surface area (Å²) in [6.45, 7) is 9.05. The van der Waals surface area contributed by atoms with Gasteiger partial charge in [-0.3, -0.25) is 0 Å². The molecule has 0 aromatic carbocycles. The van der Waals surface area contributed by atoms with Crippen molar-refractivity contribution < 1.29 is 0 Å². The Morgan fingerprint density at radius 3 is 2.14 bits per heavy atom. The largest absolute Gasteiger partial charge is 0.143 e. The van der Waals surface area contributed by atoms with Crippen molar-refractivity contribution >= 4 is 6.71 Å². The van der Waals surface area contributed by atoms with Gasteiger partial charge in [-0.2, -0.15) is 0 Å². The van der Waals surface area contributed by atoms with E-state index in [1.807, 2.05) is 12.2 Å². The van der Waals surface area contributed by atoms with E-state index in [9.17, 15) is 0 Å². The Balaban J connectivity index is 3.73. The normalized spacial score (nSPS) is 11.3. The van der Waals surface area contributed by atoms with Crippen LogP contribution in [0.1, 0.15) is 26.7 Å². The lowest BCUT2D eigenvalue weighted by Gasteiger charge is -2.07. The van der Waals surface area contributed by atoms with Crippen LogP contribution >= 0.6 is 0 Å². The Morgan fingerprint density at radius 2 is 1.64 bits per heavy atom. The van der Waals surface area contributed by atoms with Crippen molar-refractivity contribution in [1.82, 2.24) is 0 Å². The second-order valence-corrected chi connectivity index (χ2v) is 3.73. The molecule has 0 amide bonds. The summed E-state index contributed by atoms with van der Waals surface area (Å²) in [5, 5.41) is 0. The zero-order valence-electron chi connectivity index (χ0n) is 9.71. The fourth-order valence-electron chi connectivity index (χ4n) is 1.69. The highest BCUT2D eigenvalue weighted by atomic mass is 13.8. The highest BCUT2D eigenvalue weighted by molar-refractivity contribution is 6.59. The Kier molecular flexibility index (Phi) is 9.84. The summed E-state index contributed by atoms with van der Waals surface area (Å²) in [5.74, 6) is 0. The molecule has 0 atom stereocenters. The molecule has 0 N–H and O–H groups in total. The predicted octanol–water partition coefficient (Wildman–Crippen LogP) is 4.60. The first-order valence-electron chi connectivity index (χ1n) is 5.79. The molecule has 0 aliphatic heterocycles. The molecule has 0 spiro atoms. The minimum Gasteiger partial charge on any atom is -0.0991 e. The summed E-state index contributed by atoms with van der Waals surface area (Å²) < 4.78 is 0. The molecule has 0 saturated heterocycles. The van der Waals surface area contributed by atoms with E-state index in [1.54, 1.807) is 6.08 Å². The van der Waals surface area contributed by atoms with Crippen molar-refractivity contribution in [2.75, 3.05) is 0 Å². The van der Waals surface area contributed by atoms with Crippen LogP contribution in [0.15, 0.2) is 37.0 Å². The molecule has 1 heteroatoms. The molecule has 0 heterocycles. The van der Waals surface area contributed by atoms with E-state index in [2.05, 4.69) is 32.6 Å². The van der Waals surface area contributed by atoms with Crippen LogP contribution in [0.4, 0.5) is 0 Å². The van der Waals surface area contributed by atoms with Gasteiger partial charge >= 0.3 is 0 Å². The monoisotopic (exact) mass is 190 g/mol. The Labute approximate surface area is 89.9 Å². The van der Waals surface area contributed by atoms with E-state index in [1.165, 1.54) is 31.8 Å². The maximum atomic E-state index is 3.63. The Bertz CT molecular complexity index is 174. The van der Waals surface area contributed by atoms with E-state index in [4.69, 9.17) is 0 Å². The van der Waals surface area contributed by atoms with Crippen LogP contribution in [-0.4, -0.2) is 6.71 Å². The van der Waals surface area contributed by atoms with Gasteiger partial charge < -0.3 is 0 Å². The maximum absolute atomic E-state index is 3.63. The molecule has 0 unspecified atom stereocenters. The molecule has 0 bridgehead atoms. The number of hydrogen-bond donors (Lipinski definition) is 0. The Morgan fingerprint density at radius 1 is 1.00 bits per heavy atom. The first-order valence-corrected chi connectivity index (χ1v) is 5.79. The van der Waals surface area contributed by atoms with Crippen molar-refractivity contribution in [1.29, 1.82) is 0 Å². The van der Waals surface area contributed by atoms with Crippen LogP contribution in [-0.2, 0) is 0 Å². The maximum Gasteiger partial charge on any atom is 0.143 e. The Hall–Kier alpha value is -0.715. The van der Waals surface area contributed by atoms with Crippen molar-refractivity contribution in [3.8, 4) is 0 Å². The lowest BCUT2D eigenvalue weighted by atomic mass is 9.42. The van der Waals surface area contributed by atoms with Crippen LogP contribution in [0.5, 0.6) is 0 Å². The molecule has 0 fully saturated rings. The number of hydrogen-bond acceptors (Lipinski definition) is 0. The van der Waals surface area contributed by atoms with Gasteiger partial charge in [0.2, 0.25) is 0 Å². The number of rotatable bonds is 8. The van der Waals surface area contributed by atoms with Gasteiger partial charge in [0.05, 0.1) is 0 Å². The minimum absolute atomic E-state index is 0.887. The summed E-state index contributed by atoms with van der Waals surface area (Å²) in [4.78, 5) is 0. The predicted molar refractivity (Wildman–Crippen MR) is 69.2 cm³/mol. The molecule has 0 saturated carbocycles. The van der Waals surface area contributed by atoms with Crippen LogP contribution < -0.4 is 0 Å². The fourth-order valence-corrected chi connectivity index (χ4v) is 1.69. The first kappa shape index (κ1) is 13.3. The molecule has 78 valence electrons. The number of allylic oxidation sites excluding steroid dienone is 5. The van der Waals surface area contributed by atoms with Gasteiger partial charge in [0.25, 0.3) is 0 Å². The second-order valence-electron chi connectivity index (χ2n) is 3.73. The summed E-state index contributed by atoms with van der Waals surface area (Å²) in [7, 11) is 0. The van der Waals surface area contributed by atoms with Gasteiger partial charge in [-0.1, -0.05) is 82.6 Å². The SMILES string of the molecule is C=C/C=C/C=C/CB(CCC)CCC. The standard InChI is InChI=1S/C13H23B/c1-4-7-8-9-10-13-14(11-5-2)12-6-3/h4,7-10H,1,5-6,11-13H2,2-3H3/b8-7+,10-9+. The van der Waals surface area contributed by atoms with E-state index in [0.29, 0.717) is 0 Å². The minimum atomic E-state index is 0.887. The van der Waals surface area contributed by atoms with Crippen molar-refractivity contribution in [3.63, 3.8) is 0 Å². The van der Waals surface area contributed by atoms with E-state index < -0.39 is 0 Å². The molecule has 0 aliphatic carbocycles. The van der Waals surface area contributed by atoms with Gasteiger partial charge in [-0.25, -0.2) is 0 Å². The molecule has 0 radical (unpaired) electrons. The van der Waals surface area contributed by atoms with E-state index in [-0.39, 0.29) is 0 Å². The third kappa shape index (κ3) is 7.91. The lowest BCUT2D eigenvalue weighted by molar-refractivity contribution is 0.999. The van der Waals surface area contributed by atoms with Gasteiger partial charge in [-0.05, 0) is 0 Å². The van der Waals surface area contributed by atoms with Crippen molar-refractivity contribution in [2.45, 2.75) is 45.6 Å². The molecule has 0 aromatic rings. The zero-order chi connectivity index (χ0) is 10.6. The summed E-state index contributed by atoms with van der Waals surface area (Å²) in [5.41, 5.74) is 0. The van der Waals surface area contributed by atoms with Gasteiger partial charge in [0.15, 0.2) is 0 Å². The first-order chi connectivity index (χ1) is 6.85. The molecule has 0 rings (SSSR count). The highest BCUT2D eigenvalue weighted by Gasteiger charge is 2.08. The average molecular weight is 190 g/mol. The summed E-state index contributed by atoms with van der Waals surface area (Å²) >= 11 is 0. The van der Waals surface area contributed by atoms with E-state index >= 15 is 0 Å². The van der Waals surface area contributed by atoms with Crippen LogP contribution in [0, 0.1) is 0 Å². The molecule has 0 aromatic heterocycles. The summed E-state index contributed by atoms with van der Waals surface area (Å²) in [6.07, 6.45) is 16.8. The quantitative estimate of drug-likeness (QED) is 0.387. The van der Waals surface area contributed by atoms with Crippen LogP contribution in [0.3, 0.4) is 0 Å². The molecule has 0 aliphatic rings. The zero-order valence-corrected chi connectivity index (χ0v) is 9.71. The van der Waals surface area contributed by atoms with E-state index in [0.717, 1.165) is 6.71 Å². The molecular formula is C13H23B. The lowest BCUT2D eigenvalue weighted by Crippen LogP contribution is -2.09. The van der Waals surface area contributed by atoms with Gasteiger partial charge in [-0.15, -0.1) is 0 Å². The molecule has 0 nitrogen and oxygen atoms in total. The van der Waals surface area contributed by atoms with Gasteiger partial charge in [0, 0.05) is 0 Å². The fraction of sp³-hybridized carbons (Fsp3) is 0.538. The third-order valence-electron chi connectivity index (χ3n) is 2.36. The molecular weight excluding hydrogens is 167 g/mol. The van der Waals surface area contributed by atoms with Crippen LogP contribution in [0.2, 0.25) is 19.0 Å². The average Bonchev–Trinajstić information content (AvgIpc) is 2.18. The smallest absolute Gasteiger partial charge is 0.0991 e. The third-order valence-corrected chi connectivity index (χ3v) is 2.36. The highest BCUT2D eigenvalue weighted by Crippen LogP contribution is 2.11. The molecule has 14 heavy (non-hydrogen) atoms. The van der Waals surface area contributed by atoms with Gasteiger partial charge in [0.1, 0.15) is 6.71 Å². The van der Waals surface area contributed by atoms with Crippen molar-refractivity contribution in [2.24, 2.45) is 0 Å². The summed E-state index contributed by atoms with van der Waals surface area (Å²) in [6, 6.07) is 0. The van der Waals surface area contributed by atoms with Crippen LogP contribution in [0.25, 0.3) is 0 Å². The second kappa shape index (κ2) is 10.4. The topological polar surface area (TPSA) is 0 Å².